The summed E-state index contributed by atoms with van der Waals surface area (Å²) in [4.78, 5) is 11.0. The molecule has 1 aromatic rings. The van der Waals surface area contributed by atoms with Gasteiger partial charge >= 0.3 is 5.97 Å². The molecular weight excluding hydrogens is 258 g/mol. The summed E-state index contributed by atoms with van der Waals surface area (Å²) in [6.07, 6.45) is -0.723. The van der Waals surface area contributed by atoms with Crippen LogP contribution >= 0.6 is 0 Å². The van der Waals surface area contributed by atoms with Crippen LogP contribution in [0.5, 0.6) is 0 Å². The third-order valence-corrected chi connectivity index (χ3v) is 2.93. The van der Waals surface area contributed by atoms with Crippen molar-refractivity contribution in [1.82, 2.24) is 5.32 Å². The van der Waals surface area contributed by atoms with Crippen molar-refractivity contribution in [3.05, 3.63) is 35.9 Å². The Labute approximate surface area is 119 Å². The van der Waals surface area contributed by atoms with Crippen molar-refractivity contribution in [3.63, 3.8) is 0 Å². The highest BCUT2D eigenvalue weighted by Crippen LogP contribution is 2.03. The van der Waals surface area contributed by atoms with Crippen LogP contribution in [0, 0.1) is 5.92 Å². The van der Waals surface area contributed by atoms with E-state index in [1.54, 1.807) is 0 Å². The smallest absolute Gasteiger partial charge is 0.320 e. The quantitative estimate of drug-likeness (QED) is 0.635. The molecule has 20 heavy (non-hydrogen) atoms. The molecule has 5 nitrogen and oxygen atoms in total. The van der Waals surface area contributed by atoms with Gasteiger partial charge in [-0.3, -0.25) is 4.79 Å². The number of carbonyl (C=O) groups is 1. The molecule has 0 aliphatic carbocycles. The Kier molecular flexibility index (Phi) is 7.22. The first-order chi connectivity index (χ1) is 9.50. The van der Waals surface area contributed by atoms with Crippen molar-refractivity contribution < 1.29 is 19.7 Å². The first-order valence-electron chi connectivity index (χ1n) is 6.76. The van der Waals surface area contributed by atoms with Gasteiger partial charge in [0.25, 0.3) is 0 Å². The van der Waals surface area contributed by atoms with Crippen molar-refractivity contribution in [2.24, 2.45) is 5.92 Å². The molecule has 2 unspecified atom stereocenters. The number of aliphatic hydroxyl groups excluding tert-OH is 1. The number of hydrogen-bond acceptors (Lipinski definition) is 4. The van der Waals surface area contributed by atoms with E-state index in [2.05, 4.69) is 5.32 Å². The Morgan fingerprint density at radius 3 is 2.50 bits per heavy atom. The molecule has 0 aromatic heterocycles. The number of nitrogens with one attached hydrogen (secondary N) is 1. The van der Waals surface area contributed by atoms with Crippen molar-refractivity contribution in [1.29, 1.82) is 0 Å². The van der Waals surface area contributed by atoms with Crippen LogP contribution in [-0.2, 0) is 16.1 Å². The number of benzene rings is 1. The van der Waals surface area contributed by atoms with Crippen molar-refractivity contribution in [2.45, 2.75) is 32.6 Å². The summed E-state index contributed by atoms with van der Waals surface area (Å²) < 4.78 is 5.40. The summed E-state index contributed by atoms with van der Waals surface area (Å²) in [5, 5.41) is 21.6. The highest BCUT2D eigenvalue weighted by molar-refractivity contribution is 5.73. The van der Waals surface area contributed by atoms with Gasteiger partial charge in [0.15, 0.2) is 0 Å². The predicted molar refractivity (Wildman–Crippen MR) is 76.4 cm³/mol. The normalized spacial score (nSPS) is 14.2. The van der Waals surface area contributed by atoms with Crippen LogP contribution in [-0.4, -0.2) is 41.5 Å². The summed E-state index contributed by atoms with van der Waals surface area (Å²) in [6.45, 7) is 4.45. The van der Waals surface area contributed by atoms with Gasteiger partial charge in [0.05, 0.1) is 19.3 Å². The molecule has 5 heteroatoms. The molecule has 0 bridgehead atoms. The second-order valence-electron chi connectivity index (χ2n) is 5.12. The summed E-state index contributed by atoms with van der Waals surface area (Å²) in [7, 11) is 0. The van der Waals surface area contributed by atoms with Crippen LogP contribution in [0.4, 0.5) is 0 Å². The molecule has 0 aliphatic rings. The lowest BCUT2D eigenvalue weighted by Gasteiger charge is -2.20. The lowest BCUT2D eigenvalue weighted by atomic mass is 10.0. The number of carboxylic acid groups (broad SMARTS) is 1. The first kappa shape index (κ1) is 16.6. The third kappa shape index (κ3) is 6.14. The average molecular weight is 281 g/mol. The second-order valence-corrected chi connectivity index (χ2v) is 5.12. The SMILES string of the molecule is CC(C)C(NCC(O)COCc1ccccc1)C(=O)O. The topological polar surface area (TPSA) is 78.8 Å². The molecule has 0 saturated carbocycles. The molecule has 0 radical (unpaired) electrons. The maximum atomic E-state index is 11.0. The lowest BCUT2D eigenvalue weighted by Crippen LogP contribution is -2.45. The number of rotatable bonds is 9. The average Bonchev–Trinajstić information content (AvgIpc) is 2.39. The van der Waals surface area contributed by atoms with E-state index in [-0.39, 0.29) is 19.1 Å². The lowest BCUT2D eigenvalue weighted by molar-refractivity contribution is -0.140. The van der Waals surface area contributed by atoms with Gasteiger partial charge in [-0.1, -0.05) is 44.2 Å². The van der Waals surface area contributed by atoms with E-state index in [4.69, 9.17) is 9.84 Å². The van der Waals surface area contributed by atoms with Crippen LogP contribution in [0.2, 0.25) is 0 Å². The molecule has 0 fully saturated rings. The van der Waals surface area contributed by atoms with E-state index in [1.165, 1.54) is 0 Å². The van der Waals surface area contributed by atoms with E-state index >= 15 is 0 Å². The van der Waals surface area contributed by atoms with E-state index in [1.807, 2.05) is 44.2 Å². The molecule has 1 aromatic carbocycles. The maximum Gasteiger partial charge on any atom is 0.320 e. The molecule has 0 aliphatic heterocycles. The Hall–Kier alpha value is -1.43. The van der Waals surface area contributed by atoms with Gasteiger partial charge in [-0.05, 0) is 11.5 Å². The second kappa shape index (κ2) is 8.68. The number of aliphatic carboxylic acids is 1. The summed E-state index contributed by atoms with van der Waals surface area (Å²) in [5.41, 5.74) is 1.04. The monoisotopic (exact) mass is 281 g/mol. The summed E-state index contributed by atoms with van der Waals surface area (Å²) in [6, 6.07) is 9.03. The molecule has 0 saturated heterocycles. The van der Waals surface area contributed by atoms with Crippen molar-refractivity contribution in [2.75, 3.05) is 13.2 Å². The Morgan fingerprint density at radius 2 is 1.95 bits per heavy atom. The van der Waals surface area contributed by atoms with Gasteiger partial charge in [-0.15, -0.1) is 0 Å². The third-order valence-electron chi connectivity index (χ3n) is 2.93. The molecule has 112 valence electrons. The van der Waals surface area contributed by atoms with E-state index < -0.39 is 18.1 Å². The van der Waals surface area contributed by atoms with E-state index in [0.717, 1.165) is 5.56 Å². The largest absolute Gasteiger partial charge is 0.480 e. The minimum Gasteiger partial charge on any atom is -0.480 e. The zero-order valence-electron chi connectivity index (χ0n) is 12.0. The zero-order valence-corrected chi connectivity index (χ0v) is 12.0. The molecule has 0 heterocycles. The molecule has 2 atom stereocenters. The van der Waals surface area contributed by atoms with Gasteiger partial charge in [-0.2, -0.15) is 0 Å². The number of aliphatic hydroxyl groups is 1. The Bertz CT molecular complexity index is 394. The molecular formula is C15H23NO4. The van der Waals surface area contributed by atoms with Crippen LogP contribution in [0.15, 0.2) is 30.3 Å². The summed E-state index contributed by atoms with van der Waals surface area (Å²) in [5.74, 6) is -0.942. The zero-order chi connectivity index (χ0) is 15.0. The highest BCUT2D eigenvalue weighted by atomic mass is 16.5. The first-order valence-corrected chi connectivity index (χ1v) is 6.76. The molecule has 0 spiro atoms. The Balaban J connectivity index is 2.23. The summed E-state index contributed by atoms with van der Waals surface area (Å²) >= 11 is 0. The Morgan fingerprint density at radius 1 is 1.30 bits per heavy atom. The fraction of sp³-hybridized carbons (Fsp3) is 0.533. The molecule has 3 N–H and O–H groups in total. The number of carboxylic acids is 1. The van der Waals surface area contributed by atoms with Gasteiger partial charge in [0.1, 0.15) is 6.04 Å². The van der Waals surface area contributed by atoms with Crippen LogP contribution in [0.25, 0.3) is 0 Å². The van der Waals surface area contributed by atoms with Crippen molar-refractivity contribution in [3.8, 4) is 0 Å². The molecule has 0 amide bonds. The van der Waals surface area contributed by atoms with Crippen molar-refractivity contribution >= 4 is 5.97 Å². The minimum atomic E-state index is -0.905. The van der Waals surface area contributed by atoms with E-state index in [9.17, 15) is 9.90 Å². The maximum absolute atomic E-state index is 11.0. The fourth-order valence-electron chi connectivity index (χ4n) is 1.82. The highest BCUT2D eigenvalue weighted by Gasteiger charge is 2.21. The standard InChI is InChI=1S/C15H23NO4/c1-11(2)14(15(18)19)16-8-13(17)10-20-9-12-6-4-3-5-7-12/h3-7,11,13-14,16-17H,8-10H2,1-2H3,(H,18,19). The van der Waals surface area contributed by atoms with Crippen LogP contribution in [0.1, 0.15) is 19.4 Å². The predicted octanol–water partition coefficient (Wildman–Crippen LogP) is 1.26. The fourth-order valence-corrected chi connectivity index (χ4v) is 1.82. The van der Waals surface area contributed by atoms with Gasteiger partial charge < -0.3 is 20.3 Å². The van der Waals surface area contributed by atoms with Gasteiger partial charge in [-0.25, -0.2) is 0 Å². The number of ether oxygens (including phenoxy) is 1. The van der Waals surface area contributed by atoms with Gasteiger partial charge in [0.2, 0.25) is 0 Å². The van der Waals surface area contributed by atoms with Crippen LogP contribution < -0.4 is 5.32 Å². The van der Waals surface area contributed by atoms with Crippen LogP contribution in [0.3, 0.4) is 0 Å². The van der Waals surface area contributed by atoms with E-state index in [0.29, 0.717) is 6.61 Å². The number of hydrogen-bond donors (Lipinski definition) is 3. The minimum absolute atomic E-state index is 0.0371. The van der Waals surface area contributed by atoms with Gasteiger partial charge in [0, 0.05) is 6.54 Å². The molecule has 1 rings (SSSR count).